The Labute approximate surface area is 174 Å². The van der Waals surface area contributed by atoms with Crippen LogP contribution >= 0.6 is 11.3 Å². The standard InChI is InChI=1S/C23H15N3O3S/c1-14(27)29-19-12-5-4-11-18(19)21-24-23-26(25-21)22(28)20(30-23)13-16-9-6-8-15-7-2-3-10-17(15)16/h2-13H,1H3/b20-13-. The first kappa shape index (κ1) is 18.2. The van der Waals surface area contributed by atoms with Crippen molar-refractivity contribution in [2.24, 2.45) is 0 Å². The van der Waals surface area contributed by atoms with E-state index in [2.05, 4.69) is 10.1 Å². The monoisotopic (exact) mass is 413 g/mol. The van der Waals surface area contributed by atoms with Crippen LogP contribution in [0.1, 0.15) is 12.5 Å². The zero-order valence-electron chi connectivity index (χ0n) is 15.9. The van der Waals surface area contributed by atoms with Gasteiger partial charge in [0.05, 0.1) is 10.1 Å². The summed E-state index contributed by atoms with van der Waals surface area (Å²) in [5, 5.41) is 6.56. The lowest BCUT2D eigenvalue weighted by Crippen LogP contribution is -2.23. The summed E-state index contributed by atoms with van der Waals surface area (Å²) in [6.45, 7) is 1.33. The topological polar surface area (TPSA) is 73.6 Å². The van der Waals surface area contributed by atoms with Crippen LogP contribution in [0.5, 0.6) is 5.75 Å². The number of rotatable bonds is 3. The molecule has 0 unspecified atom stereocenters. The fourth-order valence-corrected chi connectivity index (χ4v) is 4.26. The first-order valence-corrected chi connectivity index (χ1v) is 10.1. The Kier molecular flexibility index (Phi) is 4.37. The molecular formula is C23H15N3O3S. The number of carbonyl (C=O) groups excluding carboxylic acids is 1. The average molecular weight is 413 g/mol. The molecule has 0 N–H and O–H groups in total. The number of nitrogens with zero attached hydrogens (tertiary/aromatic N) is 3. The Morgan fingerprint density at radius 1 is 1.03 bits per heavy atom. The van der Waals surface area contributed by atoms with E-state index in [0.717, 1.165) is 16.3 Å². The van der Waals surface area contributed by atoms with Crippen LogP contribution < -0.4 is 14.8 Å². The van der Waals surface area contributed by atoms with E-state index >= 15 is 0 Å². The Morgan fingerprint density at radius 3 is 2.63 bits per heavy atom. The Balaban J connectivity index is 1.63. The van der Waals surface area contributed by atoms with E-state index in [4.69, 9.17) is 4.74 Å². The van der Waals surface area contributed by atoms with E-state index in [-0.39, 0.29) is 5.56 Å². The number of hydrogen-bond acceptors (Lipinski definition) is 6. The number of para-hydroxylation sites is 1. The van der Waals surface area contributed by atoms with E-state index in [9.17, 15) is 9.59 Å². The van der Waals surface area contributed by atoms with Crippen molar-refractivity contribution in [2.45, 2.75) is 6.92 Å². The highest BCUT2D eigenvalue weighted by Gasteiger charge is 2.16. The molecule has 7 heteroatoms. The maximum Gasteiger partial charge on any atom is 0.308 e. The minimum absolute atomic E-state index is 0.230. The minimum Gasteiger partial charge on any atom is -0.426 e. The number of hydrogen-bond donors (Lipinski definition) is 0. The predicted molar refractivity (Wildman–Crippen MR) is 117 cm³/mol. The van der Waals surface area contributed by atoms with Gasteiger partial charge in [0.1, 0.15) is 5.75 Å². The molecule has 0 aliphatic rings. The van der Waals surface area contributed by atoms with Crippen LogP contribution in [-0.2, 0) is 4.79 Å². The second-order valence-corrected chi connectivity index (χ2v) is 7.71. The smallest absolute Gasteiger partial charge is 0.308 e. The third kappa shape index (κ3) is 3.15. The highest BCUT2D eigenvalue weighted by molar-refractivity contribution is 7.15. The molecule has 0 aliphatic carbocycles. The van der Waals surface area contributed by atoms with Gasteiger partial charge in [-0.25, -0.2) is 0 Å². The highest BCUT2D eigenvalue weighted by Crippen LogP contribution is 2.28. The highest BCUT2D eigenvalue weighted by atomic mass is 32.1. The predicted octanol–water partition coefficient (Wildman–Crippen LogP) is 3.44. The van der Waals surface area contributed by atoms with Crippen molar-refractivity contribution in [2.75, 3.05) is 0 Å². The van der Waals surface area contributed by atoms with Gasteiger partial charge in [0.2, 0.25) is 4.96 Å². The third-order valence-corrected chi connectivity index (χ3v) is 5.63. The molecule has 0 radical (unpaired) electrons. The summed E-state index contributed by atoms with van der Waals surface area (Å²) in [6.07, 6.45) is 1.87. The van der Waals surface area contributed by atoms with Crippen LogP contribution in [0.15, 0.2) is 71.5 Å². The summed E-state index contributed by atoms with van der Waals surface area (Å²) < 4.78 is 7.09. The normalized spacial score (nSPS) is 12.0. The van der Waals surface area contributed by atoms with Crippen LogP contribution in [-0.4, -0.2) is 20.6 Å². The molecule has 3 aromatic carbocycles. The van der Waals surface area contributed by atoms with Gasteiger partial charge in [0.15, 0.2) is 5.82 Å². The molecule has 146 valence electrons. The number of fused-ring (bicyclic) bond motifs is 2. The summed E-state index contributed by atoms with van der Waals surface area (Å²) in [5.74, 6) is 0.269. The van der Waals surface area contributed by atoms with E-state index in [1.165, 1.54) is 22.8 Å². The van der Waals surface area contributed by atoms with Gasteiger partial charge in [-0.05, 0) is 34.5 Å². The van der Waals surface area contributed by atoms with Crippen molar-refractivity contribution in [1.29, 1.82) is 0 Å². The Bertz CT molecular complexity index is 1530. The summed E-state index contributed by atoms with van der Waals surface area (Å²) in [6, 6.07) is 21.0. The minimum atomic E-state index is -0.431. The molecule has 0 saturated carbocycles. The Hall–Kier alpha value is -3.84. The zero-order chi connectivity index (χ0) is 20.7. The van der Waals surface area contributed by atoms with Crippen LogP contribution in [0.4, 0.5) is 0 Å². The maximum absolute atomic E-state index is 12.9. The van der Waals surface area contributed by atoms with Crippen molar-refractivity contribution < 1.29 is 9.53 Å². The van der Waals surface area contributed by atoms with E-state index in [0.29, 0.717) is 26.6 Å². The second-order valence-electron chi connectivity index (χ2n) is 6.70. The molecule has 6 nitrogen and oxygen atoms in total. The lowest BCUT2D eigenvalue weighted by atomic mass is 10.0. The van der Waals surface area contributed by atoms with Gasteiger partial charge in [-0.1, -0.05) is 65.9 Å². The maximum atomic E-state index is 12.9. The lowest BCUT2D eigenvalue weighted by Gasteiger charge is -2.04. The molecule has 0 spiro atoms. The first-order chi connectivity index (χ1) is 14.6. The zero-order valence-corrected chi connectivity index (χ0v) is 16.7. The van der Waals surface area contributed by atoms with Gasteiger partial charge in [0.25, 0.3) is 5.56 Å². The van der Waals surface area contributed by atoms with E-state index < -0.39 is 5.97 Å². The van der Waals surface area contributed by atoms with Gasteiger partial charge in [-0.2, -0.15) is 9.50 Å². The average Bonchev–Trinajstić information content (AvgIpc) is 3.28. The largest absolute Gasteiger partial charge is 0.426 e. The van der Waals surface area contributed by atoms with Crippen molar-refractivity contribution in [3.63, 3.8) is 0 Å². The molecule has 5 rings (SSSR count). The number of carbonyl (C=O) groups is 1. The van der Waals surface area contributed by atoms with Gasteiger partial charge in [-0.15, -0.1) is 5.10 Å². The number of aromatic nitrogens is 3. The first-order valence-electron chi connectivity index (χ1n) is 9.27. The van der Waals surface area contributed by atoms with Crippen LogP contribution in [0, 0.1) is 0 Å². The van der Waals surface area contributed by atoms with Gasteiger partial charge >= 0.3 is 5.97 Å². The van der Waals surface area contributed by atoms with E-state index in [1.807, 2.05) is 48.5 Å². The van der Waals surface area contributed by atoms with Crippen LogP contribution in [0.2, 0.25) is 0 Å². The summed E-state index contributed by atoms with van der Waals surface area (Å²) in [7, 11) is 0. The van der Waals surface area contributed by atoms with E-state index in [1.54, 1.807) is 24.3 Å². The molecule has 0 aliphatic heterocycles. The van der Waals surface area contributed by atoms with Gasteiger partial charge in [0, 0.05) is 6.92 Å². The Morgan fingerprint density at radius 2 is 1.80 bits per heavy atom. The molecule has 30 heavy (non-hydrogen) atoms. The van der Waals surface area contributed by atoms with Crippen molar-refractivity contribution in [3.8, 4) is 17.1 Å². The quantitative estimate of drug-likeness (QED) is 0.335. The molecular weight excluding hydrogens is 398 g/mol. The molecule has 0 fully saturated rings. The fourth-order valence-electron chi connectivity index (χ4n) is 3.36. The van der Waals surface area contributed by atoms with Crippen LogP contribution in [0.25, 0.3) is 33.2 Å². The molecule has 2 aromatic heterocycles. The lowest BCUT2D eigenvalue weighted by molar-refractivity contribution is -0.131. The molecule has 0 atom stereocenters. The van der Waals surface area contributed by atoms with Crippen molar-refractivity contribution in [3.05, 3.63) is 87.2 Å². The number of esters is 1. The molecule has 0 saturated heterocycles. The number of ether oxygens (including phenoxy) is 1. The molecule has 5 aromatic rings. The number of benzene rings is 3. The van der Waals surface area contributed by atoms with Crippen LogP contribution in [0.3, 0.4) is 0 Å². The second kappa shape index (κ2) is 7.20. The summed E-state index contributed by atoms with van der Waals surface area (Å²) >= 11 is 1.28. The molecule has 0 amide bonds. The van der Waals surface area contributed by atoms with Crippen molar-refractivity contribution in [1.82, 2.24) is 14.6 Å². The van der Waals surface area contributed by atoms with Gasteiger partial charge < -0.3 is 4.74 Å². The number of thiazole rings is 1. The fraction of sp³-hybridized carbons (Fsp3) is 0.0435. The summed E-state index contributed by atoms with van der Waals surface area (Å²) in [5.41, 5.74) is 1.30. The third-order valence-electron chi connectivity index (χ3n) is 4.67. The van der Waals surface area contributed by atoms with Gasteiger partial charge in [-0.3, -0.25) is 9.59 Å². The molecule has 2 heterocycles. The molecule has 0 bridgehead atoms. The summed E-state index contributed by atoms with van der Waals surface area (Å²) in [4.78, 5) is 29.3. The SMILES string of the molecule is CC(=O)Oc1ccccc1-c1nc2s/c(=C\c3cccc4ccccc34)c(=O)n2n1. The van der Waals surface area contributed by atoms with Crippen molar-refractivity contribution >= 4 is 39.1 Å².